The SMILES string of the molecule is Cc1cc(-c2ccc3ncn(Cc4cc5cccnc5cc4F)c3n2)ccc1C(N)=O. The van der Waals surface area contributed by atoms with Gasteiger partial charge in [-0.15, -0.1) is 0 Å². The van der Waals surface area contributed by atoms with E-state index in [2.05, 4.69) is 9.97 Å². The van der Waals surface area contributed by atoms with Crippen molar-refractivity contribution in [2.75, 3.05) is 0 Å². The topological polar surface area (TPSA) is 86.7 Å². The fourth-order valence-corrected chi connectivity index (χ4v) is 3.76. The first-order valence-corrected chi connectivity index (χ1v) is 9.75. The van der Waals surface area contributed by atoms with E-state index < -0.39 is 5.91 Å². The third-order valence-corrected chi connectivity index (χ3v) is 5.36. The smallest absolute Gasteiger partial charge is 0.248 e. The van der Waals surface area contributed by atoms with Gasteiger partial charge in [0.2, 0.25) is 5.91 Å². The highest BCUT2D eigenvalue weighted by Gasteiger charge is 2.12. The van der Waals surface area contributed by atoms with Crippen LogP contribution in [-0.4, -0.2) is 25.4 Å². The lowest BCUT2D eigenvalue weighted by Gasteiger charge is -2.09. The summed E-state index contributed by atoms with van der Waals surface area (Å²) in [6, 6.07) is 16.1. The molecule has 0 bridgehead atoms. The molecule has 6 nitrogen and oxygen atoms in total. The average molecular weight is 411 g/mol. The fourth-order valence-electron chi connectivity index (χ4n) is 3.76. The second-order valence-electron chi connectivity index (χ2n) is 7.45. The largest absolute Gasteiger partial charge is 0.366 e. The van der Waals surface area contributed by atoms with Crippen molar-refractivity contribution >= 4 is 28.0 Å². The predicted molar refractivity (Wildman–Crippen MR) is 117 cm³/mol. The van der Waals surface area contributed by atoms with Crippen LogP contribution in [0.2, 0.25) is 0 Å². The summed E-state index contributed by atoms with van der Waals surface area (Å²) >= 11 is 0. The number of nitrogens with two attached hydrogens (primary N) is 1. The molecular formula is C24H18FN5O. The number of aromatic nitrogens is 4. The minimum atomic E-state index is -0.460. The van der Waals surface area contributed by atoms with Gasteiger partial charge in [0, 0.05) is 34.3 Å². The number of aryl methyl sites for hydroxylation is 1. The molecule has 0 saturated heterocycles. The van der Waals surface area contributed by atoms with Gasteiger partial charge in [-0.2, -0.15) is 0 Å². The third-order valence-electron chi connectivity index (χ3n) is 5.36. The molecule has 152 valence electrons. The minimum Gasteiger partial charge on any atom is -0.366 e. The van der Waals surface area contributed by atoms with E-state index in [1.807, 2.05) is 47.9 Å². The number of amides is 1. The van der Waals surface area contributed by atoms with E-state index in [0.717, 1.165) is 27.7 Å². The number of fused-ring (bicyclic) bond motifs is 2. The standard InChI is InChI=1S/C24H18FN5O/c1-14-9-16(4-5-18(14)23(26)31)20-6-7-21-24(29-20)30(13-28-21)12-17-10-15-3-2-8-27-22(15)11-19(17)25/h2-11,13H,12H2,1H3,(H2,26,31). The predicted octanol–water partition coefficient (Wildman–Crippen LogP) is 4.24. The zero-order chi connectivity index (χ0) is 21.5. The van der Waals surface area contributed by atoms with Crippen LogP contribution in [0.5, 0.6) is 0 Å². The number of imidazole rings is 1. The molecule has 7 heteroatoms. The lowest BCUT2D eigenvalue weighted by atomic mass is 10.0. The van der Waals surface area contributed by atoms with E-state index in [9.17, 15) is 9.18 Å². The van der Waals surface area contributed by atoms with Crippen LogP contribution in [0, 0.1) is 12.7 Å². The van der Waals surface area contributed by atoms with E-state index in [1.165, 1.54) is 6.07 Å². The van der Waals surface area contributed by atoms with Gasteiger partial charge in [0.05, 0.1) is 24.1 Å². The molecule has 0 radical (unpaired) electrons. The Kier molecular flexibility index (Phi) is 4.43. The van der Waals surface area contributed by atoms with Crippen LogP contribution in [0.25, 0.3) is 33.3 Å². The molecule has 0 atom stereocenters. The number of hydrogen-bond acceptors (Lipinski definition) is 4. The molecule has 5 rings (SSSR count). The van der Waals surface area contributed by atoms with Gasteiger partial charge in [-0.25, -0.2) is 14.4 Å². The van der Waals surface area contributed by atoms with Gasteiger partial charge < -0.3 is 10.3 Å². The molecule has 0 fully saturated rings. The van der Waals surface area contributed by atoms with E-state index in [0.29, 0.717) is 28.8 Å². The van der Waals surface area contributed by atoms with Crippen LogP contribution in [0.3, 0.4) is 0 Å². The van der Waals surface area contributed by atoms with Crippen molar-refractivity contribution < 1.29 is 9.18 Å². The zero-order valence-electron chi connectivity index (χ0n) is 16.7. The Balaban J connectivity index is 1.55. The highest BCUT2D eigenvalue weighted by molar-refractivity contribution is 5.95. The van der Waals surface area contributed by atoms with Gasteiger partial charge in [-0.3, -0.25) is 9.78 Å². The molecule has 0 aliphatic carbocycles. The van der Waals surface area contributed by atoms with Crippen molar-refractivity contribution in [3.8, 4) is 11.3 Å². The molecule has 2 N–H and O–H groups in total. The maximum absolute atomic E-state index is 14.7. The van der Waals surface area contributed by atoms with Crippen LogP contribution < -0.4 is 5.73 Å². The Morgan fingerprint density at radius 1 is 1.06 bits per heavy atom. The first kappa shape index (κ1) is 18.9. The van der Waals surface area contributed by atoms with Gasteiger partial charge in [0.15, 0.2) is 5.65 Å². The Bertz CT molecular complexity index is 1470. The summed E-state index contributed by atoms with van der Waals surface area (Å²) in [5.74, 6) is -0.778. The Morgan fingerprint density at radius 3 is 2.74 bits per heavy atom. The summed E-state index contributed by atoms with van der Waals surface area (Å²) in [6.45, 7) is 2.13. The minimum absolute atomic E-state index is 0.295. The lowest BCUT2D eigenvalue weighted by molar-refractivity contribution is 0.0999. The number of carbonyl (C=O) groups excluding carboxylic acids is 1. The van der Waals surface area contributed by atoms with Crippen molar-refractivity contribution in [2.24, 2.45) is 5.73 Å². The number of primary amides is 1. The van der Waals surface area contributed by atoms with Crippen LogP contribution in [0.1, 0.15) is 21.5 Å². The van der Waals surface area contributed by atoms with E-state index in [4.69, 9.17) is 10.7 Å². The summed E-state index contributed by atoms with van der Waals surface area (Å²) in [6.07, 6.45) is 3.31. The molecule has 0 aliphatic rings. The van der Waals surface area contributed by atoms with Gasteiger partial charge in [0.25, 0.3) is 0 Å². The van der Waals surface area contributed by atoms with E-state index in [-0.39, 0.29) is 5.82 Å². The third kappa shape index (κ3) is 3.40. The molecule has 0 spiro atoms. The zero-order valence-corrected chi connectivity index (χ0v) is 16.7. The Hall–Kier alpha value is -4.13. The summed E-state index contributed by atoms with van der Waals surface area (Å²) in [5, 5.41) is 0.877. The highest BCUT2D eigenvalue weighted by Crippen LogP contribution is 2.24. The van der Waals surface area contributed by atoms with Crippen molar-refractivity contribution in [1.82, 2.24) is 19.5 Å². The number of halogens is 1. The lowest BCUT2D eigenvalue weighted by Crippen LogP contribution is -2.12. The van der Waals surface area contributed by atoms with E-state index >= 15 is 0 Å². The highest BCUT2D eigenvalue weighted by atomic mass is 19.1. The number of pyridine rings is 2. The molecule has 0 saturated carbocycles. The van der Waals surface area contributed by atoms with Crippen molar-refractivity contribution in [1.29, 1.82) is 0 Å². The number of nitrogens with zero attached hydrogens (tertiary/aromatic N) is 4. The maximum atomic E-state index is 14.7. The second kappa shape index (κ2) is 7.28. The van der Waals surface area contributed by atoms with Crippen molar-refractivity contribution in [3.05, 3.63) is 89.6 Å². The number of carbonyl (C=O) groups is 1. The molecule has 5 aromatic rings. The first-order chi connectivity index (χ1) is 15.0. The fraction of sp³-hybridized carbons (Fsp3) is 0.0833. The summed E-state index contributed by atoms with van der Waals surface area (Å²) in [5.41, 5.74) is 10.8. The molecule has 3 aromatic heterocycles. The summed E-state index contributed by atoms with van der Waals surface area (Å²) in [4.78, 5) is 24.9. The molecule has 1 amide bonds. The van der Waals surface area contributed by atoms with Crippen molar-refractivity contribution in [2.45, 2.75) is 13.5 Å². The van der Waals surface area contributed by atoms with E-state index in [1.54, 1.807) is 24.7 Å². The van der Waals surface area contributed by atoms with Crippen LogP contribution >= 0.6 is 0 Å². The Labute approximate surface area is 177 Å². The van der Waals surface area contributed by atoms with Crippen LogP contribution in [-0.2, 0) is 6.54 Å². The molecule has 31 heavy (non-hydrogen) atoms. The first-order valence-electron chi connectivity index (χ1n) is 9.75. The summed E-state index contributed by atoms with van der Waals surface area (Å²) in [7, 11) is 0. The number of benzene rings is 2. The average Bonchev–Trinajstić information content (AvgIpc) is 3.16. The molecular weight excluding hydrogens is 393 g/mol. The second-order valence-corrected chi connectivity index (χ2v) is 7.45. The molecule has 3 heterocycles. The molecule has 0 unspecified atom stereocenters. The normalized spacial score (nSPS) is 11.3. The molecule has 0 aliphatic heterocycles. The van der Waals surface area contributed by atoms with Gasteiger partial charge in [-0.05, 0) is 48.9 Å². The summed E-state index contributed by atoms with van der Waals surface area (Å²) < 4.78 is 16.5. The van der Waals surface area contributed by atoms with Gasteiger partial charge in [0.1, 0.15) is 11.3 Å². The van der Waals surface area contributed by atoms with Crippen LogP contribution in [0.15, 0.2) is 67.1 Å². The quantitative estimate of drug-likeness (QED) is 0.479. The van der Waals surface area contributed by atoms with Crippen molar-refractivity contribution in [3.63, 3.8) is 0 Å². The van der Waals surface area contributed by atoms with Gasteiger partial charge in [-0.1, -0.05) is 12.1 Å². The monoisotopic (exact) mass is 411 g/mol. The number of rotatable bonds is 4. The maximum Gasteiger partial charge on any atom is 0.248 e. The number of hydrogen-bond donors (Lipinski definition) is 1. The van der Waals surface area contributed by atoms with Crippen LogP contribution in [0.4, 0.5) is 4.39 Å². The van der Waals surface area contributed by atoms with Gasteiger partial charge >= 0.3 is 0 Å². The Morgan fingerprint density at radius 2 is 1.94 bits per heavy atom. The molecule has 2 aromatic carbocycles.